The van der Waals surface area contributed by atoms with Gasteiger partial charge in [0.2, 0.25) is 0 Å². The average Bonchev–Trinajstić information content (AvgIpc) is 2.49. The molecule has 0 aliphatic carbocycles. The minimum atomic E-state index is 0.446. The summed E-state index contributed by atoms with van der Waals surface area (Å²) in [4.78, 5) is 13.5. The zero-order valence-electron chi connectivity index (χ0n) is 6.88. The Hall–Kier alpha value is -1.09. The van der Waals surface area contributed by atoms with Crippen LogP contribution in [0.2, 0.25) is 0 Å². The van der Waals surface area contributed by atoms with Crippen LogP contribution in [0.3, 0.4) is 0 Å². The van der Waals surface area contributed by atoms with Crippen LogP contribution in [0.4, 0.5) is 0 Å². The fourth-order valence-electron chi connectivity index (χ4n) is 1.38. The largest absolute Gasteiger partial charge is 0.357 e. The van der Waals surface area contributed by atoms with Crippen molar-refractivity contribution in [1.82, 2.24) is 4.98 Å². The number of hydrogen-bond acceptors (Lipinski definition) is 1. The molecule has 0 radical (unpaired) electrons. The van der Waals surface area contributed by atoms with Crippen molar-refractivity contribution >= 4 is 33.1 Å². The molecule has 0 aliphatic heterocycles. The second-order valence-corrected chi connectivity index (χ2v) is 3.72. The Balaban J connectivity index is 2.61. The molecule has 0 atom stereocenters. The summed E-state index contributed by atoms with van der Waals surface area (Å²) in [6.45, 7) is 0. The molecule has 0 saturated carbocycles. The molecule has 1 N–H and O–H groups in total. The number of benzene rings is 1. The van der Waals surface area contributed by atoms with E-state index in [1.165, 1.54) is 0 Å². The first-order chi connectivity index (χ1) is 6.31. The predicted molar refractivity (Wildman–Crippen MR) is 55.8 cm³/mol. The van der Waals surface area contributed by atoms with Crippen LogP contribution < -0.4 is 0 Å². The molecule has 0 fully saturated rings. The zero-order chi connectivity index (χ0) is 9.26. The van der Waals surface area contributed by atoms with Gasteiger partial charge in [-0.05, 0) is 28.1 Å². The van der Waals surface area contributed by atoms with Crippen molar-refractivity contribution in [2.75, 3.05) is 0 Å². The highest BCUT2D eigenvalue weighted by Crippen LogP contribution is 2.23. The van der Waals surface area contributed by atoms with Crippen LogP contribution in [0.25, 0.3) is 10.9 Å². The third-order valence-corrected chi connectivity index (χ3v) is 2.63. The van der Waals surface area contributed by atoms with Crippen molar-refractivity contribution in [2.45, 2.75) is 6.42 Å². The number of aromatic nitrogens is 1. The van der Waals surface area contributed by atoms with E-state index in [1.807, 2.05) is 24.3 Å². The van der Waals surface area contributed by atoms with Crippen LogP contribution in [0.1, 0.15) is 5.69 Å². The summed E-state index contributed by atoms with van der Waals surface area (Å²) in [6, 6.07) is 7.97. The van der Waals surface area contributed by atoms with Crippen molar-refractivity contribution in [3.63, 3.8) is 0 Å². The quantitative estimate of drug-likeness (QED) is 0.801. The lowest BCUT2D eigenvalue weighted by molar-refractivity contribution is -0.107. The number of aromatic amines is 1. The second kappa shape index (κ2) is 3.34. The lowest BCUT2D eigenvalue weighted by atomic mass is 10.2. The van der Waals surface area contributed by atoms with Crippen LogP contribution in [0.15, 0.2) is 28.7 Å². The van der Waals surface area contributed by atoms with Crippen LogP contribution in [-0.4, -0.2) is 11.3 Å². The lowest BCUT2D eigenvalue weighted by Gasteiger charge is -1.91. The molecule has 2 rings (SSSR count). The van der Waals surface area contributed by atoms with Gasteiger partial charge in [0.15, 0.2) is 0 Å². The highest BCUT2D eigenvalue weighted by molar-refractivity contribution is 9.10. The van der Waals surface area contributed by atoms with E-state index in [0.717, 1.165) is 27.4 Å². The number of fused-ring (bicyclic) bond motifs is 1. The number of carbonyl (C=O) groups excluding carboxylic acids is 1. The molecule has 13 heavy (non-hydrogen) atoms. The Bertz CT molecular complexity index is 447. The Labute approximate surface area is 84.1 Å². The van der Waals surface area contributed by atoms with E-state index in [-0.39, 0.29) is 0 Å². The zero-order valence-corrected chi connectivity index (χ0v) is 8.47. The molecule has 0 bridgehead atoms. The van der Waals surface area contributed by atoms with Gasteiger partial charge in [0, 0.05) is 22.0 Å². The lowest BCUT2D eigenvalue weighted by Crippen LogP contribution is -1.83. The van der Waals surface area contributed by atoms with Gasteiger partial charge in [-0.25, -0.2) is 0 Å². The van der Waals surface area contributed by atoms with Crippen LogP contribution in [-0.2, 0) is 11.2 Å². The minimum absolute atomic E-state index is 0.446. The first-order valence-electron chi connectivity index (χ1n) is 4.01. The molecule has 3 heteroatoms. The molecule has 1 heterocycles. The molecule has 0 saturated heterocycles. The molecule has 0 amide bonds. The second-order valence-electron chi connectivity index (χ2n) is 2.87. The minimum Gasteiger partial charge on any atom is -0.357 e. The van der Waals surface area contributed by atoms with Crippen molar-refractivity contribution in [2.24, 2.45) is 0 Å². The highest BCUT2D eigenvalue weighted by Gasteiger charge is 2.02. The first kappa shape index (κ1) is 8.51. The van der Waals surface area contributed by atoms with E-state index >= 15 is 0 Å². The molecule has 1 aromatic heterocycles. The number of aldehydes is 1. The van der Waals surface area contributed by atoms with Gasteiger partial charge in [-0.15, -0.1) is 0 Å². The molecule has 2 aromatic rings. The van der Waals surface area contributed by atoms with Gasteiger partial charge < -0.3 is 9.78 Å². The fourth-order valence-corrected chi connectivity index (χ4v) is 1.86. The maximum atomic E-state index is 10.3. The van der Waals surface area contributed by atoms with Gasteiger partial charge in [-0.2, -0.15) is 0 Å². The van der Waals surface area contributed by atoms with E-state index in [1.54, 1.807) is 0 Å². The average molecular weight is 238 g/mol. The van der Waals surface area contributed by atoms with E-state index in [9.17, 15) is 4.79 Å². The van der Waals surface area contributed by atoms with Crippen molar-refractivity contribution < 1.29 is 4.79 Å². The van der Waals surface area contributed by atoms with Crippen LogP contribution >= 0.6 is 15.9 Å². The predicted octanol–water partition coefficient (Wildman–Crippen LogP) is 2.67. The van der Waals surface area contributed by atoms with Crippen molar-refractivity contribution in [3.05, 3.63) is 34.4 Å². The molecule has 1 aromatic carbocycles. The molecule has 2 nitrogen and oxygen atoms in total. The molecular formula is C10H8BrNO. The number of nitrogens with one attached hydrogen (secondary N) is 1. The summed E-state index contributed by atoms with van der Waals surface area (Å²) >= 11 is 3.44. The molecule has 0 aliphatic rings. The van der Waals surface area contributed by atoms with Gasteiger partial charge in [0.05, 0.1) is 5.52 Å². The monoisotopic (exact) mass is 237 g/mol. The Kier molecular flexibility index (Phi) is 2.19. The smallest absolute Gasteiger partial charge is 0.125 e. The summed E-state index contributed by atoms with van der Waals surface area (Å²) in [5.74, 6) is 0. The maximum absolute atomic E-state index is 10.3. The van der Waals surface area contributed by atoms with Gasteiger partial charge in [-0.1, -0.05) is 12.1 Å². The maximum Gasteiger partial charge on any atom is 0.125 e. The van der Waals surface area contributed by atoms with Crippen molar-refractivity contribution in [1.29, 1.82) is 0 Å². The Morgan fingerprint density at radius 3 is 3.00 bits per heavy atom. The third-order valence-electron chi connectivity index (χ3n) is 1.96. The fraction of sp³-hybridized carbons (Fsp3) is 0.100. The first-order valence-corrected chi connectivity index (χ1v) is 4.80. The highest BCUT2D eigenvalue weighted by atomic mass is 79.9. The summed E-state index contributed by atoms with van der Waals surface area (Å²) < 4.78 is 1.03. The number of rotatable bonds is 2. The molecular weight excluding hydrogens is 230 g/mol. The van der Waals surface area contributed by atoms with E-state index in [2.05, 4.69) is 20.9 Å². The van der Waals surface area contributed by atoms with Gasteiger partial charge in [0.1, 0.15) is 6.29 Å². The summed E-state index contributed by atoms with van der Waals surface area (Å²) in [6.07, 6.45) is 1.35. The molecule has 0 spiro atoms. The van der Waals surface area contributed by atoms with Crippen LogP contribution in [0, 0.1) is 0 Å². The molecule has 0 unspecified atom stereocenters. The third kappa shape index (κ3) is 1.52. The number of H-pyrrole nitrogens is 1. The van der Waals surface area contributed by atoms with E-state index in [4.69, 9.17) is 0 Å². The number of halogens is 1. The van der Waals surface area contributed by atoms with Gasteiger partial charge in [-0.3, -0.25) is 0 Å². The van der Waals surface area contributed by atoms with Gasteiger partial charge >= 0.3 is 0 Å². The van der Waals surface area contributed by atoms with Crippen LogP contribution in [0.5, 0.6) is 0 Å². The Morgan fingerprint density at radius 1 is 1.46 bits per heavy atom. The van der Waals surface area contributed by atoms with E-state index in [0.29, 0.717) is 6.42 Å². The summed E-state index contributed by atoms with van der Waals surface area (Å²) in [7, 11) is 0. The topological polar surface area (TPSA) is 32.9 Å². The van der Waals surface area contributed by atoms with Gasteiger partial charge in [0.25, 0.3) is 0 Å². The normalized spacial score (nSPS) is 10.5. The summed E-state index contributed by atoms with van der Waals surface area (Å²) in [5, 5.41) is 1.13. The molecule has 66 valence electrons. The SMILES string of the molecule is O=CCc1cc2cccc(Br)c2[nH]1. The van der Waals surface area contributed by atoms with E-state index < -0.39 is 0 Å². The Morgan fingerprint density at radius 2 is 2.31 bits per heavy atom. The number of hydrogen-bond donors (Lipinski definition) is 1. The summed E-state index contributed by atoms with van der Waals surface area (Å²) in [5.41, 5.74) is 2.01. The van der Waals surface area contributed by atoms with Crippen molar-refractivity contribution in [3.8, 4) is 0 Å². The standard InChI is InChI=1S/C10H8BrNO/c11-9-3-1-2-7-6-8(4-5-13)12-10(7)9/h1-3,5-6,12H,4H2. The number of carbonyl (C=O) groups is 1. The number of para-hydroxylation sites is 1.